The van der Waals surface area contributed by atoms with Crippen molar-refractivity contribution in [2.24, 2.45) is 0 Å². The first-order chi connectivity index (χ1) is 36.3. The Hall–Kier alpha value is -8.42. The Morgan fingerprint density at radius 1 is 0.573 bits per heavy atom. The Morgan fingerprint density at radius 2 is 1.03 bits per heavy atom. The molecule has 13 heteroatoms. The van der Waals surface area contributed by atoms with Crippen molar-refractivity contribution in [3.8, 4) is 22.3 Å². The van der Waals surface area contributed by atoms with E-state index in [1.165, 1.54) is 38.8 Å². The van der Waals surface area contributed by atoms with Gasteiger partial charge in [0, 0.05) is 67.5 Å². The standard InChI is InChI=1S/C31H31N3O3.C26H22N2O4.C5H11N/c1-21-17-25(23-7-9-24(10-8-23)31(36)34-15-3-2-4-16-34)18-26-19-28(37-30(21)26)13-12-27(35)11-5-22-6-14-29(32)33-20-22;1-16-12-20(18-4-6-19(7-5-18)26(30)31)13-21-14-23(32-25(16)21)10-9-22(29)8-2-17-3-11-24(27)28-15-17;1-2-4-6-5-3-1/h5-11,14,17-20H,2-4,12-13,15-16H2,1H3,(H2,32,33);2-8,11-15H,9-10H2,1H3,(H2,27,28)(H,30,31);6H,1-5H2/b11-5+;8-2+;. The van der Waals surface area contributed by atoms with E-state index in [-0.39, 0.29) is 23.0 Å². The molecule has 10 rings (SSSR count). The van der Waals surface area contributed by atoms with Gasteiger partial charge < -0.3 is 35.6 Å². The molecule has 13 nitrogen and oxygen atoms in total. The molecule has 0 saturated carbocycles. The van der Waals surface area contributed by atoms with Gasteiger partial charge >= 0.3 is 5.97 Å². The highest BCUT2D eigenvalue weighted by Gasteiger charge is 2.19. The maximum atomic E-state index is 12.8. The van der Waals surface area contributed by atoms with Crippen LogP contribution in [0.1, 0.15) is 106 Å². The van der Waals surface area contributed by atoms with Gasteiger partial charge in [-0.2, -0.15) is 0 Å². The van der Waals surface area contributed by atoms with Crippen molar-refractivity contribution in [1.82, 2.24) is 20.2 Å². The minimum Gasteiger partial charge on any atom is -0.478 e. The Balaban J connectivity index is 0.000000180. The van der Waals surface area contributed by atoms with E-state index in [4.69, 9.17) is 25.4 Å². The number of carbonyl (C=O) groups is 4. The number of pyridine rings is 2. The van der Waals surface area contributed by atoms with Crippen molar-refractivity contribution in [2.75, 3.05) is 37.6 Å². The van der Waals surface area contributed by atoms with Crippen LogP contribution in [0.4, 0.5) is 11.6 Å². The number of rotatable bonds is 14. The second-order valence-corrected chi connectivity index (χ2v) is 19.1. The number of aryl methyl sites for hydroxylation is 4. The molecule has 6 heterocycles. The number of hydrogen-bond acceptors (Lipinski definition) is 11. The largest absolute Gasteiger partial charge is 0.478 e. The van der Waals surface area contributed by atoms with Crippen LogP contribution in [0.25, 0.3) is 56.3 Å². The van der Waals surface area contributed by atoms with E-state index < -0.39 is 5.97 Å². The molecule has 6 N–H and O–H groups in total. The predicted molar refractivity (Wildman–Crippen MR) is 298 cm³/mol. The van der Waals surface area contributed by atoms with Gasteiger partial charge in [0.25, 0.3) is 5.91 Å². The van der Waals surface area contributed by atoms with E-state index in [1.807, 2.05) is 73.3 Å². The number of carboxylic acid groups (broad SMARTS) is 1. The van der Waals surface area contributed by atoms with Crippen LogP contribution in [-0.4, -0.2) is 69.6 Å². The third-order valence-corrected chi connectivity index (χ3v) is 13.3. The highest BCUT2D eigenvalue weighted by molar-refractivity contribution is 5.96. The monoisotopic (exact) mass is 1000 g/mol. The molecule has 75 heavy (non-hydrogen) atoms. The van der Waals surface area contributed by atoms with Crippen LogP contribution in [0.3, 0.4) is 0 Å². The number of piperidine rings is 2. The fourth-order valence-electron chi connectivity index (χ4n) is 9.10. The number of nitrogens with two attached hydrogens (primary N) is 2. The van der Waals surface area contributed by atoms with E-state index in [2.05, 4.69) is 27.4 Å². The molecule has 0 radical (unpaired) electrons. The smallest absolute Gasteiger partial charge is 0.335 e. The number of allylic oxidation sites excluding steroid dienone is 2. The van der Waals surface area contributed by atoms with Gasteiger partial charge in [-0.15, -0.1) is 0 Å². The van der Waals surface area contributed by atoms with Crippen molar-refractivity contribution in [3.05, 3.63) is 179 Å². The molecule has 2 fully saturated rings. The summed E-state index contributed by atoms with van der Waals surface area (Å²) in [6, 6.07) is 33.9. The highest BCUT2D eigenvalue weighted by Crippen LogP contribution is 2.32. The van der Waals surface area contributed by atoms with E-state index in [9.17, 15) is 19.2 Å². The number of aromatic carboxylic acids is 1. The molecule has 0 unspecified atom stereocenters. The number of nitrogens with one attached hydrogen (secondary N) is 1. The summed E-state index contributed by atoms with van der Waals surface area (Å²) in [5, 5.41) is 14.3. The fraction of sp³-hybridized carbons (Fsp3) is 0.258. The van der Waals surface area contributed by atoms with Crippen molar-refractivity contribution in [1.29, 1.82) is 0 Å². The van der Waals surface area contributed by atoms with E-state index >= 15 is 0 Å². The van der Waals surface area contributed by atoms with Crippen molar-refractivity contribution < 1.29 is 33.1 Å². The zero-order chi connectivity index (χ0) is 52.7. The number of ketones is 2. The van der Waals surface area contributed by atoms with Crippen molar-refractivity contribution in [2.45, 2.75) is 78.1 Å². The number of furan rings is 2. The minimum absolute atomic E-state index is 0.00166. The molecular formula is C62H64N6O7. The Bertz CT molecular complexity index is 3290. The summed E-state index contributed by atoms with van der Waals surface area (Å²) >= 11 is 0. The van der Waals surface area contributed by atoms with Crippen molar-refractivity contribution in [3.63, 3.8) is 0 Å². The zero-order valence-corrected chi connectivity index (χ0v) is 42.6. The van der Waals surface area contributed by atoms with Crippen LogP contribution in [0.2, 0.25) is 0 Å². The van der Waals surface area contributed by atoms with Gasteiger partial charge in [0.1, 0.15) is 34.3 Å². The maximum Gasteiger partial charge on any atom is 0.335 e. The first kappa shape index (κ1) is 52.9. The SMILES string of the molecule is C1CCNCC1.Cc1cc(-c2ccc(C(=O)N3CCCCC3)cc2)cc2cc(CCC(=O)/C=C/c3ccc(N)nc3)oc12.Cc1cc(-c2ccc(C(=O)O)cc2)cc2cc(CCC(=O)/C=C/c3ccc(N)nc3)oc12. The molecule has 1 amide bonds. The van der Waals surface area contributed by atoms with Gasteiger partial charge in [-0.05, 0) is 213 Å². The molecule has 0 aliphatic carbocycles. The first-order valence-electron chi connectivity index (χ1n) is 25.7. The van der Waals surface area contributed by atoms with Gasteiger partial charge in [-0.3, -0.25) is 14.4 Å². The molecule has 2 saturated heterocycles. The highest BCUT2D eigenvalue weighted by atomic mass is 16.4. The average Bonchev–Trinajstić information content (AvgIpc) is 4.08. The summed E-state index contributed by atoms with van der Waals surface area (Å²) in [4.78, 5) is 58.4. The first-order valence-corrected chi connectivity index (χ1v) is 25.7. The number of carbonyl (C=O) groups excluding carboxylic acids is 3. The predicted octanol–water partition coefficient (Wildman–Crippen LogP) is 12.3. The quantitative estimate of drug-likeness (QED) is 0.0751. The van der Waals surface area contributed by atoms with Gasteiger partial charge in [0.2, 0.25) is 0 Å². The van der Waals surface area contributed by atoms with Crippen molar-refractivity contribution >= 4 is 69.2 Å². The molecule has 4 aromatic heterocycles. The fourth-order valence-corrected chi connectivity index (χ4v) is 9.10. The number of carboxylic acids is 1. The maximum absolute atomic E-state index is 12.8. The summed E-state index contributed by atoms with van der Waals surface area (Å²) in [6.45, 7) is 8.20. The summed E-state index contributed by atoms with van der Waals surface area (Å²) in [5.41, 5.74) is 21.5. The summed E-state index contributed by atoms with van der Waals surface area (Å²) in [7, 11) is 0. The second kappa shape index (κ2) is 25.5. The second-order valence-electron chi connectivity index (χ2n) is 19.1. The van der Waals surface area contributed by atoms with E-state index in [1.54, 1.807) is 79.2 Å². The zero-order valence-electron chi connectivity index (χ0n) is 42.6. The number of likely N-dealkylation sites (tertiary alicyclic amines) is 1. The van der Waals surface area contributed by atoms with Crippen LogP contribution in [0, 0.1) is 13.8 Å². The molecule has 2 aliphatic heterocycles. The van der Waals surface area contributed by atoms with E-state index in [0.29, 0.717) is 37.3 Å². The number of hydrogen-bond donors (Lipinski definition) is 4. The number of benzene rings is 4. The third kappa shape index (κ3) is 14.9. The van der Waals surface area contributed by atoms with Gasteiger partial charge in [0.15, 0.2) is 11.6 Å². The lowest BCUT2D eigenvalue weighted by Gasteiger charge is -2.26. The average molecular weight is 1010 g/mol. The summed E-state index contributed by atoms with van der Waals surface area (Å²) < 4.78 is 12.1. The van der Waals surface area contributed by atoms with Crippen LogP contribution >= 0.6 is 0 Å². The molecule has 0 atom stereocenters. The third-order valence-electron chi connectivity index (χ3n) is 13.3. The molecule has 8 aromatic rings. The molecule has 0 bridgehead atoms. The number of nitrogens with zero attached hydrogens (tertiary/aromatic N) is 3. The normalized spacial score (nSPS) is 13.6. The number of amides is 1. The van der Waals surface area contributed by atoms with Crippen LogP contribution in [0.15, 0.2) is 143 Å². The number of nitrogen functional groups attached to an aromatic ring is 2. The molecule has 384 valence electrons. The lowest BCUT2D eigenvalue weighted by atomic mass is 9.99. The molecule has 4 aromatic carbocycles. The number of anilines is 2. The van der Waals surface area contributed by atoms with E-state index in [0.717, 1.165) is 109 Å². The number of fused-ring (bicyclic) bond motifs is 2. The molecule has 0 spiro atoms. The van der Waals surface area contributed by atoms with Gasteiger partial charge in [-0.25, -0.2) is 14.8 Å². The minimum atomic E-state index is -0.947. The molecule has 2 aliphatic rings. The Kier molecular flexibility index (Phi) is 18.0. The Labute approximate surface area is 437 Å². The molecular weight excluding hydrogens is 941 g/mol. The van der Waals surface area contributed by atoms with Crippen LogP contribution < -0.4 is 16.8 Å². The Morgan fingerprint density at radius 3 is 1.43 bits per heavy atom. The lowest BCUT2D eigenvalue weighted by Crippen LogP contribution is -2.35. The van der Waals surface area contributed by atoms with Crippen LogP contribution in [-0.2, 0) is 22.4 Å². The summed E-state index contributed by atoms with van der Waals surface area (Å²) in [5.74, 6) is 1.61. The summed E-state index contributed by atoms with van der Waals surface area (Å²) in [6.07, 6.45) is 19.1. The van der Waals surface area contributed by atoms with Gasteiger partial charge in [0.05, 0.1) is 5.56 Å². The van der Waals surface area contributed by atoms with Crippen LogP contribution in [0.5, 0.6) is 0 Å². The lowest BCUT2D eigenvalue weighted by molar-refractivity contribution is -0.115. The van der Waals surface area contributed by atoms with Gasteiger partial charge in [-0.1, -0.05) is 30.7 Å². The topological polar surface area (TPSA) is 208 Å². The number of aromatic nitrogens is 2.